The first-order chi connectivity index (χ1) is 9.93. The van der Waals surface area contributed by atoms with Crippen LogP contribution in [0.25, 0.3) is 10.8 Å². The van der Waals surface area contributed by atoms with Gasteiger partial charge in [-0.2, -0.15) is 4.31 Å². The maximum absolute atomic E-state index is 12.9. The van der Waals surface area contributed by atoms with Crippen LogP contribution < -0.4 is 5.73 Å². The summed E-state index contributed by atoms with van der Waals surface area (Å²) >= 11 is 0. The van der Waals surface area contributed by atoms with Crippen molar-refractivity contribution in [2.24, 2.45) is 0 Å². The molecule has 0 amide bonds. The molecule has 0 fully saturated rings. The van der Waals surface area contributed by atoms with Crippen LogP contribution in [0.15, 0.2) is 41.3 Å². The molecular formula is C16H22N2O2S. The summed E-state index contributed by atoms with van der Waals surface area (Å²) in [4.78, 5) is 0.321. The monoisotopic (exact) mass is 306 g/mol. The Morgan fingerprint density at radius 3 is 2.19 bits per heavy atom. The topological polar surface area (TPSA) is 63.4 Å². The summed E-state index contributed by atoms with van der Waals surface area (Å²) in [5, 5.41) is 1.45. The van der Waals surface area contributed by atoms with E-state index in [0.717, 1.165) is 18.2 Å². The number of sulfonamides is 1. The van der Waals surface area contributed by atoms with E-state index in [0.29, 0.717) is 16.0 Å². The molecule has 2 aromatic rings. The second-order valence-corrected chi connectivity index (χ2v) is 7.16. The van der Waals surface area contributed by atoms with Gasteiger partial charge in [-0.25, -0.2) is 8.42 Å². The molecule has 4 nitrogen and oxygen atoms in total. The van der Waals surface area contributed by atoms with Crippen LogP contribution in [0.3, 0.4) is 0 Å². The molecule has 2 aromatic carbocycles. The van der Waals surface area contributed by atoms with Crippen molar-refractivity contribution >= 4 is 26.5 Å². The Balaban J connectivity index is 2.63. The van der Waals surface area contributed by atoms with Gasteiger partial charge in [-0.3, -0.25) is 0 Å². The Morgan fingerprint density at radius 2 is 1.62 bits per heavy atom. The summed E-state index contributed by atoms with van der Waals surface area (Å²) in [6.07, 6.45) is 1.58. The predicted molar refractivity (Wildman–Crippen MR) is 87.7 cm³/mol. The highest BCUT2D eigenvalue weighted by molar-refractivity contribution is 7.89. The highest BCUT2D eigenvalue weighted by Crippen LogP contribution is 2.30. The molecule has 2 N–H and O–H groups in total. The summed E-state index contributed by atoms with van der Waals surface area (Å²) in [6, 6.07) is 10.6. The number of hydrogen-bond acceptors (Lipinski definition) is 3. The van der Waals surface area contributed by atoms with E-state index in [1.807, 2.05) is 32.0 Å². The zero-order valence-corrected chi connectivity index (χ0v) is 13.5. The molecule has 5 heteroatoms. The first-order valence-electron chi connectivity index (χ1n) is 7.18. The van der Waals surface area contributed by atoms with Crippen LogP contribution in [0, 0.1) is 0 Å². The minimum atomic E-state index is -3.53. The van der Waals surface area contributed by atoms with Crippen LogP contribution >= 0.6 is 0 Å². The quantitative estimate of drug-likeness (QED) is 0.863. The van der Waals surface area contributed by atoms with E-state index in [2.05, 4.69) is 0 Å². The smallest absolute Gasteiger partial charge is 0.243 e. The third-order valence-corrected chi connectivity index (χ3v) is 6.00. The summed E-state index contributed by atoms with van der Waals surface area (Å²) in [5.74, 6) is 0. The van der Waals surface area contributed by atoms with Gasteiger partial charge in [0.1, 0.15) is 0 Å². The first kappa shape index (κ1) is 15.8. The molecule has 0 radical (unpaired) electrons. The predicted octanol–water partition coefficient (Wildman–Crippen LogP) is 3.23. The van der Waals surface area contributed by atoms with E-state index in [1.54, 1.807) is 25.2 Å². The largest absolute Gasteiger partial charge is 0.398 e. The fraction of sp³-hybridized carbons (Fsp3) is 0.375. The minimum Gasteiger partial charge on any atom is -0.398 e. The van der Waals surface area contributed by atoms with Crippen LogP contribution in [0.1, 0.15) is 26.7 Å². The van der Waals surface area contributed by atoms with Crippen molar-refractivity contribution < 1.29 is 8.42 Å². The molecule has 114 valence electrons. The molecule has 0 heterocycles. The van der Waals surface area contributed by atoms with Gasteiger partial charge >= 0.3 is 0 Å². The lowest BCUT2D eigenvalue weighted by Gasteiger charge is -2.26. The number of hydrogen-bond donors (Lipinski definition) is 1. The Labute approximate surface area is 126 Å². The normalized spacial score (nSPS) is 12.4. The lowest BCUT2D eigenvalue weighted by atomic mass is 10.1. The SMILES string of the molecule is CCC(CC)N(C)S(=O)(=O)c1ccc(N)c2ccccc12. The zero-order chi connectivity index (χ0) is 15.6. The molecule has 0 unspecified atom stereocenters. The Morgan fingerprint density at radius 1 is 1.05 bits per heavy atom. The number of nitrogen functional groups attached to an aromatic ring is 1. The van der Waals surface area contributed by atoms with Crippen LogP contribution in [0.4, 0.5) is 5.69 Å². The van der Waals surface area contributed by atoms with E-state index in [-0.39, 0.29) is 6.04 Å². The van der Waals surface area contributed by atoms with Gasteiger partial charge in [0.2, 0.25) is 10.0 Å². The second-order valence-electron chi connectivity index (χ2n) is 5.19. The minimum absolute atomic E-state index is 0.00585. The van der Waals surface area contributed by atoms with Gasteiger partial charge in [0.05, 0.1) is 4.90 Å². The molecule has 0 aliphatic heterocycles. The van der Waals surface area contributed by atoms with Crippen LogP contribution in [-0.2, 0) is 10.0 Å². The third-order valence-electron chi connectivity index (χ3n) is 4.03. The molecule has 0 aliphatic carbocycles. The summed E-state index contributed by atoms with van der Waals surface area (Å²) in [5.41, 5.74) is 6.54. The van der Waals surface area contributed by atoms with Crippen molar-refractivity contribution in [2.45, 2.75) is 37.6 Å². The maximum Gasteiger partial charge on any atom is 0.243 e. The molecule has 0 aromatic heterocycles. The maximum atomic E-state index is 12.9. The zero-order valence-electron chi connectivity index (χ0n) is 12.7. The van der Waals surface area contributed by atoms with Crippen molar-refractivity contribution in [3.63, 3.8) is 0 Å². The van der Waals surface area contributed by atoms with Gasteiger partial charge in [-0.1, -0.05) is 38.1 Å². The van der Waals surface area contributed by atoms with Gasteiger partial charge in [-0.05, 0) is 25.0 Å². The number of fused-ring (bicyclic) bond motifs is 1. The molecular weight excluding hydrogens is 284 g/mol. The van der Waals surface area contributed by atoms with Crippen molar-refractivity contribution in [1.82, 2.24) is 4.31 Å². The third kappa shape index (κ3) is 2.76. The number of rotatable bonds is 5. The fourth-order valence-corrected chi connectivity index (χ4v) is 4.37. The Bertz CT molecular complexity index is 737. The average Bonchev–Trinajstić information content (AvgIpc) is 2.48. The number of nitrogens with zero attached hydrogens (tertiary/aromatic N) is 1. The van der Waals surface area contributed by atoms with Gasteiger partial charge < -0.3 is 5.73 Å². The van der Waals surface area contributed by atoms with Crippen LogP contribution in [0.5, 0.6) is 0 Å². The van der Waals surface area contributed by atoms with E-state index in [1.165, 1.54) is 4.31 Å². The molecule has 0 aliphatic rings. The van der Waals surface area contributed by atoms with E-state index < -0.39 is 10.0 Å². The molecule has 0 bridgehead atoms. The van der Waals surface area contributed by atoms with Gasteiger partial charge in [0, 0.05) is 29.5 Å². The molecule has 2 rings (SSSR count). The highest BCUT2D eigenvalue weighted by atomic mass is 32.2. The Hall–Kier alpha value is -1.59. The number of anilines is 1. The van der Waals surface area contributed by atoms with Crippen molar-refractivity contribution in [2.75, 3.05) is 12.8 Å². The van der Waals surface area contributed by atoms with Crippen LogP contribution in [-0.4, -0.2) is 25.8 Å². The fourth-order valence-electron chi connectivity index (χ4n) is 2.67. The summed E-state index contributed by atoms with van der Waals surface area (Å²) in [6.45, 7) is 4.00. The summed E-state index contributed by atoms with van der Waals surface area (Å²) < 4.78 is 27.3. The Kier molecular flexibility index (Phi) is 4.54. The summed E-state index contributed by atoms with van der Waals surface area (Å²) in [7, 11) is -1.88. The van der Waals surface area contributed by atoms with Crippen LogP contribution in [0.2, 0.25) is 0 Å². The van der Waals surface area contributed by atoms with Crippen molar-refractivity contribution in [3.05, 3.63) is 36.4 Å². The molecule has 0 saturated carbocycles. The lowest BCUT2D eigenvalue weighted by molar-refractivity contribution is 0.350. The van der Waals surface area contributed by atoms with Gasteiger partial charge in [0.25, 0.3) is 0 Å². The van der Waals surface area contributed by atoms with Crippen molar-refractivity contribution in [3.8, 4) is 0 Å². The van der Waals surface area contributed by atoms with Gasteiger partial charge in [-0.15, -0.1) is 0 Å². The highest BCUT2D eigenvalue weighted by Gasteiger charge is 2.27. The average molecular weight is 306 g/mol. The molecule has 0 atom stereocenters. The van der Waals surface area contributed by atoms with E-state index in [4.69, 9.17) is 5.73 Å². The van der Waals surface area contributed by atoms with Gasteiger partial charge in [0.15, 0.2) is 0 Å². The lowest BCUT2D eigenvalue weighted by Crippen LogP contribution is -2.36. The van der Waals surface area contributed by atoms with Crippen molar-refractivity contribution in [1.29, 1.82) is 0 Å². The number of nitrogens with two attached hydrogens (primary N) is 1. The molecule has 0 saturated heterocycles. The van der Waals surface area contributed by atoms with E-state index in [9.17, 15) is 8.42 Å². The molecule has 21 heavy (non-hydrogen) atoms. The van der Waals surface area contributed by atoms with E-state index >= 15 is 0 Å². The number of benzene rings is 2. The standard InChI is InChI=1S/C16H22N2O2S/c1-4-12(5-2)18(3)21(19,20)16-11-10-15(17)13-8-6-7-9-14(13)16/h6-12H,4-5,17H2,1-3H3. The molecule has 0 spiro atoms. The first-order valence-corrected chi connectivity index (χ1v) is 8.62. The second kappa shape index (κ2) is 6.03.